The van der Waals surface area contributed by atoms with Crippen molar-refractivity contribution in [1.82, 2.24) is 15.6 Å². The van der Waals surface area contributed by atoms with E-state index in [9.17, 15) is 0 Å². The first-order valence-electron chi connectivity index (χ1n) is 6.87. The summed E-state index contributed by atoms with van der Waals surface area (Å²) in [4.78, 5) is 9.71. The van der Waals surface area contributed by atoms with E-state index in [1.165, 1.54) is 4.88 Å². The molecule has 0 fully saturated rings. The van der Waals surface area contributed by atoms with Crippen LogP contribution >= 0.6 is 34.5 Å². The molecule has 2 N–H and O–H groups in total. The molecule has 4 nitrogen and oxygen atoms in total. The molecular weight excluding hydrogens is 339 g/mol. The molecule has 0 amide bonds. The maximum atomic E-state index is 5.99. The van der Waals surface area contributed by atoms with E-state index in [0.29, 0.717) is 16.6 Å². The zero-order chi connectivity index (χ0) is 15.9. The highest BCUT2D eigenvalue weighted by molar-refractivity contribution is 7.11. The minimum Gasteiger partial charge on any atom is -0.356 e. The summed E-state index contributed by atoms with van der Waals surface area (Å²) in [6.45, 7) is 3.46. The lowest BCUT2D eigenvalue weighted by Crippen LogP contribution is -2.37. The number of benzene rings is 1. The first-order chi connectivity index (χ1) is 10.6. The molecule has 0 unspecified atom stereocenters. The fraction of sp³-hybridized carbons (Fsp3) is 0.333. The quantitative estimate of drug-likeness (QED) is 0.634. The van der Waals surface area contributed by atoms with E-state index in [1.54, 1.807) is 24.5 Å². The molecule has 0 spiro atoms. The number of nitrogens with one attached hydrogen (secondary N) is 2. The lowest BCUT2D eigenvalue weighted by Gasteiger charge is -2.11. The zero-order valence-electron chi connectivity index (χ0n) is 12.5. The molecule has 0 saturated carbocycles. The van der Waals surface area contributed by atoms with Crippen molar-refractivity contribution in [2.75, 3.05) is 13.6 Å². The Labute approximate surface area is 144 Å². The number of aromatic nitrogens is 1. The van der Waals surface area contributed by atoms with Crippen molar-refractivity contribution in [2.24, 2.45) is 4.99 Å². The standard InChI is InChI=1S/C15H18Cl2N4S/c1-10-8-20-14(22-10)9-21-15(18-2)19-4-3-11-5-12(16)7-13(17)6-11/h5-8H,3-4,9H2,1-2H3,(H2,18,19,21). The Morgan fingerprint density at radius 3 is 2.55 bits per heavy atom. The number of hydrogen-bond acceptors (Lipinski definition) is 3. The summed E-state index contributed by atoms with van der Waals surface area (Å²) in [5.41, 5.74) is 1.09. The van der Waals surface area contributed by atoms with Gasteiger partial charge in [0.2, 0.25) is 0 Å². The van der Waals surface area contributed by atoms with E-state index in [2.05, 4.69) is 20.6 Å². The first kappa shape index (κ1) is 17.1. The van der Waals surface area contributed by atoms with Crippen molar-refractivity contribution < 1.29 is 0 Å². The second-order valence-electron chi connectivity index (χ2n) is 4.74. The summed E-state index contributed by atoms with van der Waals surface area (Å²) in [5.74, 6) is 0.751. The van der Waals surface area contributed by atoms with Crippen LogP contribution in [0.15, 0.2) is 29.4 Å². The largest absolute Gasteiger partial charge is 0.356 e. The molecule has 0 saturated heterocycles. The Kier molecular flexibility index (Phi) is 6.49. The molecule has 0 radical (unpaired) electrons. The number of guanidine groups is 1. The van der Waals surface area contributed by atoms with Crippen LogP contribution in [0.4, 0.5) is 0 Å². The molecule has 2 rings (SSSR count). The van der Waals surface area contributed by atoms with Gasteiger partial charge in [-0.15, -0.1) is 11.3 Å². The number of hydrogen-bond donors (Lipinski definition) is 2. The molecule has 0 aliphatic heterocycles. The maximum Gasteiger partial charge on any atom is 0.191 e. The van der Waals surface area contributed by atoms with Crippen molar-refractivity contribution >= 4 is 40.5 Å². The Bertz CT molecular complexity index is 634. The van der Waals surface area contributed by atoms with E-state index in [1.807, 2.05) is 25.3 Å². The van der Waals surface area contributed by atoms with Crippen molar-refractivity contribution in [3.63, 3.8) is 0 Å². The van der Waals surface area contributed by atoms with E-state index >= 15 is 0 Å². The van der Waals surface area contributed by atoms with Gasteiger partial charge in [0.1, 0.15) is 5.01 Å². The fourth-order valence-electron chi connectivity index (χ4n) is 1.94. The van der Waals surface area contributed by atoms with Crippen molar-refractivity contribution in [1.29, 1.82) is 0 Å². The average molecular weight is 357 g/mol. The van der Waals surface area contributed by atoms with Crippen LogP contribution in [0.3, 0.4) is 0 Å². The van der Waals surface area contributed by atoms with Crippen LogP contribution in [0.1, 0.15) is 15.4 Å². The van der Waals surface area contributed by atoms with E-state index in [-0.39, 0.29) is 0 Å². The van der Waals surface area contributed by atoms with Gasteiger partial charge in [0, 0.05) is 34.7 Å². The van der Waals surface area contributed by atoms with Gasteiger partial charge in [0.25, 0.3) is 0 Å². The Morgan fingerprint density at radius 2 is 1.95 bits per heavy atom. The summed E-state index contributed by atoms with van der Waals surface area (Å²) in [7, 11) is 1.75. The van der Waals surface area contributed by atoms with E-state index in [4.69, 9.17) is 23.2 Å². The van der Waals surface area contributed by atoms with Crippen LogP contribution in [0, 0.1) is 6.92 Å². The summed E-state index contributed by atoms with van der Waals surface area (Å²) in [6.07, 6.45) is 2.69. The predicted molar refractivity (Wildman–Crippen MR) is 95.2 cm³/mol. The van der Waals surface area contributed by atoms with Gasteiger partial charge in [-0.1, -0.05) is 23.2 Å². The lowest BCUT2D eigenvalue weighted by molar-refractivity contribution is 0.792. The van der Waals surface area contributed by atoms with Crippen LogP contribution < -0.4 is 10.6 Å². The molecule has 1 heterocycles. The molecule has 0 bridgehead atoms. The second kappa shape index (κ2) is 8.36. The normalized spacial score (nSPS) is 11.5. The van der Waals surface area contributed by atoms with Gasteiger partial charge in [-0.25, -0.2) is 4.98 Å². The Balaban J connectivity index is 1.78. The molecule has 7 heteroatoms. The molecule has 118 valence electrons. The van der Waals surface area contributed by atoms with Gasteiger partial charge >= 0.3 is 0 Å². The highest BCUT2D eigenvalue weighted by atomic mass is 35.5. The van der Waals surface area contributed by atoms with Gasteiger partial charge in [0.05, 0.1) is 6.54 Å². The maximum absolute atomic E-state index is 5.99. The number of thiazole rings is 1. The molecule has 22 heavy (non-hydrogen) atoms. The lowest BCUT2D eigenvalue weighted by atomic mass is 10.1. The van der Waals surface area contributed by atoms with Crippen molar-refractivity contribution in [2.45, 2.75) is 19.9 Å². The second-order valence-corrected chi connectivity index (χ2v) is 6.94. The molecule has 0 atom stereocenters. The minimum atomic E-state index is 0.657. The third-order valence-electron chi connectivity index (χ3n) is 2.93. The smallest absolute Gasteiger partial charge is 0.191 e. The van der Waals surface area contributed by atoms with Crippen LogP contribution in [-0.2, 0) is 13.0 Å². The number of nitrogens with zero attached hydrogens (tertiary/aromatic N) is 2. The number of aryl methyl sites for hydroxylation is 1. The van der Waals surface area contributed by atoms with Crippen LogP contribution in [-0.4, -0.2) is 24.5 Å². The van der Waals surface area contributed by atoms with E-state index in [0.717, 1.165) is 29.5 Å². The summed E-state index contributed by atoms with van der Waals surface area (Å²) in [5, 5.41) is 8.86. The predicted octanol–water partition coefficient (Wildman–Crippen LogP) is 3.67. The third kappa shape index (κ3) is 5.48. The molecule has 2 aromatic rings. The highest BCUT2D eigenvalue weighted by Crippen LogP contribution is 2.19. The number of halogens is 2. The summed E-state index contributed by atoms with van der Waals surface area (Å²) < 4.78 is 0. The number of rotatable bonds is 5. The van der Waals surface area contributed by atoms with Crippen molar-refractivity contribution in [3.8, 4) is 0 Å². The SMILES string of the molecule is CN=C(NCCc1cc(Cl)cc(Cl)c1)NCc1ncc(C)s1. The first-order valence-corrected chi connectivity index (χ1v) is 8.45. The van der Waals surface area contributed by atoms with E-state index < -0.39 is 0 Å². The number of aliphatic imine (C=N–C) groups is 1. The average Bonchev–Trinajstić information content (AvgIpc) is 2.87. The van der Waals surface area contributed by atoms with Crippen LogP contribution in [0.5, 0.6) is 0 Å². The zero-order valence-corrected chi connectivity index (χ0v) is 14.8. The third-order valence-corrected chi connectivity index (χ3v) is 4.28. The van der Waals surface area contributed by atoms with Crippen LogP contribution in [0.2, 0.25) is 10.0 Å². The minimum absolute atomic E-state index is 0.657. The Morgan fingerprint density at radius 1 is 1.23 bits per heavy atom. The molecular formula is C15H18Cl2N4S. The molecule has 0 aliphatic rings. The topological polar surface area (TPSA) is 49.3 Å². The Hall–Kier alpha value is -1.30. The molecule has 1 aromatic carbocycles. The van der Waals surface area contributed by atoms with Crippen LogP contribution in [0.25, 0.3) is 0 Å². The van der Waals surface area contributed by atoms with Gasteiger partial charge in [0.15, 0.2) is 5.96 Å². The molecule has 0 aliphatic carbocycles. The van der Waals surface area contributed by atoms with Gasteiger partial charge in [-0.2, -0.15) is 0 Å². The van der Waals surface area contributed by atoms with Gasteiger partial charge < -0.3 is 10.6 Å². The van der Waals surface area contributed by atoms with Gasteiger partial charge in [-0.05, 0) is 37.1 Å². The van der Waals surface area contributed by atoms with Crippen molar-refractivity contribution in [3.05, 3.63) is 49.9 Å². The molecule has 1 aromatic heterocycles. The summed E-state index contributed by atoms with van der Waals surface area (Å²) in [6, 6.07) is 5.57. The highest BCUT2D eigenvalue weighted by Gasteiger charge is 2.02. The summed E-state index contributed by atoms with van der Waals surface area (Å²) >= 11 is 13.7. The van der Waals surface area contributed by atoms with Gasteiger partial charge in [-0.3, -0.25) is 4.99 Å². The fourth-order valence-corrected chi connectivity index (χ4v) is 3.24. The monoisotopic (exact) mass is 356 g/mol.